The number of amides is 1. The lowest BCUT2D eigenvalue weighted by Crippen LogP contribution is -2.35. The standard InChI is InChI=1S/C17H14N6O5S2/c1-8(24)13-10(3-2-6-20-13)15(25)14(16(18)26)21-22-17-11-7-9(30(19,27)28)4-5-12(11)23-29-17/h2-7,14H,1H3,(H2,18,26)(H2,19,27,28)/b22-21+. The fraction of sp³-hybridized carbons (Fsp3) is 0.118. The average Bonchev–Trinajstić information content (AvgIpc) is 3.09. The first-order chi connectivity index (χ1) is 14.1. The highest BCUT2D eigenvalue weighted by Gasteiger charge is 2.29. The molecule has 11 nitrogen and oxygen atoms in total. The lowest BCUT2D eigenvalue weighted by Gasteiger charge is -2.08. The zero-order chi connectivity index (χ0) is 22.1. The van der Waals surface area contributed by atoms with Crippen LogP contribution in [0.15, 0.2) is 51.7 Å². The van der Waals surface area contributed by atoms with Crippen LogP contribution in [0.25, 0.3) is 10.9 Å². The number of benzene rings is 1. The first-order valence-electron chi connectivity index (χ1n) is 8.22. The third-order valence-corrected chi connectivity index (χ3v) is 5.62. The third kappa shape index (κ3) is 4.27. The van der Waals surface area contributed by atoms with Crippen LogP contribution >= 0.6 is 11.5 Å². The van der Waals surface area contributed by atoms with E-state index in [1.807, 2.05) is 0 Å². The van der Waals surface area contributed by atoms with Crippen LogP contribution in [0, 0.1) is 0 Å². The average molecular weight is 446 g/mol. The summed E-state index contributed by atoms with van der Waals surface area (Å²) in [5.41, 5.74) is 5.50. The molecule has 0 aliphatic rings. The Hall–Kier alpha value is -3.42. The minimum absolute atomic E-state index is 0.113. The summed E-state index contributed by atoms with van der Waals surface area (Å²) >= 11 is 0.876. The van der Waals surface area contributed by atoms with Gasteiger partial charge in [0, 0.05) is 24.1 Å². The van der Waals surface area contributed by atoms with Gasteiger partial charge in [-0.25, -0.2) is 13.6 Å². The molecule has 1 aromatic carbocycles. The van der Waals surface area contributed by atoms with E-state index in [2.05, 4.69) is 19.6 Å². The summed E-state index contributed by atoms with van der Waals surface area (Å²) in [6.45, 7) is 1.23. The van der Waals surface area contributed by atoms with Crippen molar-refractivity contribution in [1.29, 1.82) is 0 Å². The van der Waals surface area contributed by atoms with Gasteiger partial charge >= 0.3 is 0 Å². The molecule has 0 aliphatic carbocycles. The summed E-state index contributed by atoms with van der Waals surface area (Å²) in [5.74, 6) is -2.40. The molecule has 0 radical (unpaired) electrons. The zero-order valence-electron chi connectivity index (χ0n) is 15.3. The number of nitrogens with zero attached hydrogens (tertiary/aromatic N) is 4. The zero-order valence-corrected chi connectivity index (χ0v) is 17.0. The fourth-order valence-electron chi connectivity index (χ4n) is 2.54. The number of fused-ring (bicyclic) bond motifs is 1. The molecule has 3 aromatic rings. The quantitative estimate of drug-likeness (QED) is 0.311. The number of carbonyl (C=O) groups excluding carboxylic acids is 3. The van der Waals surface area contributed by atoms with Crippen molar-refractivity contribution in [1.82, 2.24) is 9.36 Å². The van der Waals surface area contributed by atoms with Crippen molar-refractivity contribution in [3.05, 3.63) is 47.8 Å². The van der Waals surface area contributed by atoms with Gasteiger partial charge in [-0.05, 0) is 41.9 Å². The second kappa shape index (κ2) is 8.14. The van der Waals surface area contributed by atoms with Crippen LogP contribution in [0.3, 0.4) is 0 Å². The molecule has 0 fully saturated rings. The van der Waals surface area contributed by atoms with Gasteiger partial charge in [-0.1, -0.05) is 0 Å². The summed E-state index contributed by atoms with van der Waals surface area (Å²) in [6, 6.07) is 5.04. The molecule has 1 unspecified atom stereocenters. The van der Waals surface area contributed by atoms with Crippen LogP contribution in [0.2, 0.25) is 0 Å². The van der Waals surface area contributed by atoms with E-state index < -0.39 is 33.5 Å². The number of carbonyl (C=O) groups is 3. The predicted molar refractivity (Wildman–Crippen MR) is 107 cm³/mol. The lowest BCUT2D eigenvalue weighted by molar-refractivity contribution is -0.118. The van der Waals surface area contributed by atoms with Gasteiger partial charge in [0.1, 0.15) is 5.69 Å². The Kier molecular flexibility index (Phi) is 5.78. The Morgan fingerprint density at radius 3 is 2.57 bits per heavy atom. The molecule has 1 amide bonds. The van der Waals surface area contributed by atoms with Gasteiger partial charge in [0.05, 0.1) is 10.4 Å². The molecule has 3 rings (SSSR count). The lowest BCUT2D eigenvalue weighted by atomic mass is 10.0. The van der Waals surface area contributed by atoms with Gasteiger partial charge < -0.3 is 5.73 Å². The topological polar surface area (TPSA) is 188 Å². The maximum atomic E-state index is 12.8. The van der Waals surface area contributed by atoms with Gasteiger partial charge in [-0.15, -0.1) is 5.11 Å². The van der Waals surface area contributed by atoms with Crippen molar-refractivity contribution in [2.75, 3.05) is 0 Å². The van der Waals surface area contributed by atoms with E-state index in [-0.39, 0.29) is 21.2 Å². The molecule has 13 heteroatoms. The molecule has 0 bridgehead atoms. The Morgan fingerprint density at radius 2 is 1.93 bits per heavy atom. The van der Waals surface area contributed by atoms with E-state index in [4.69, 9.17) is 10.9 Å². The Balaban J connectivity index is 2.01. The summed E-state index contributed by atoms with van der Waals surface area (Å²) in [7, 11) is -3.96. The van der Waals surface area contributed by atoms with Gasteiger partial charge in [-0.3, -0.25) is 19.4 Å². The van der Waals surface area contributed by atoms with Crippen LogP contribution in [0.4, 0.5) is 5.00 Å². The summed E-state index contributed by atoms with van der Waals surface area (Å²) in [6.07, 6.45) is 1.33. The summed E-state index contributed by atoms with van der Waals surface area (Å²) in [4.78, 5) is 40.0. The van der Waals surface area contributed by atoms with E-state index in [9.17, 15) is 22.8 Å². The maximum absolute atomic E-state index is 12.8. The molecule has 2 heterocycles. The van der Waals surface area contributed by atoms with Crippen molar-refractivity contribution in [3.8, 4) is 0 Å². The van der Waals surface area contributed by atoms with Crippen molar-refractivity contribution in [3.63, 3.8) is 0 Å². The number of nitrogens with two attached hydrogens (primary N) is 2. The van der Waals surface area contributed by atoms with Gasteiger partial charge in [0.25, 0.3) is 5.91 Å². The van der Waals surface area contributed by atoms with Crippen LogP contribution < -0.4 is 10.9 Å². The number of aromatic nitrogens is 2. The predicted octanol–water partition coefficient (Wildman–Crippen LogP) is 1.36. The number of primary sulfonamides is 1. The highest BCUT2D eigenvalue weighted by Crippen LogP contribution is 2.32. The summed E-state index contributed by atoms with van der Waals surface area (Å²) in [5, 5.41) is 13.2. The summed E-state index contributed by atoms with van der Waals surface area (Å²) < 4.78 is 27.2. The first kappa shape index (κ1) is 21.3. The third-order valence-electron chi connectivity index (χ3n) is 3.95. The van der Waals surface area contributed by atoms with Crippen molar-refractivity contribution in [2.45, 2.75) is 17.9 Å². The normalized spacial score (nSPS) is 12.9. The molecule has 0 saturated carbocycles. The number of pyridine rings is 1. The number of azo groups is 1. The number of sulfonamides is 1. The Morgan fingerprint density at radius 1 is 1.20 bits per heavy atom. The highest BCUT2D eigenvalue weighted by molar-refractivity contribution is 7.89. The molecule has 0 spiro atoms. The highest BCUT2D eigenvalue weighted by atomic mass is 32.2. The molecule has 1 atom stereocenters. The minimum Gasteiger partial charge on any atom is -0.367 e. The Labute approximate surface area is 174 Å². The molecule has 0 saturated heterocycles. The number of hydrogen-bond acceptors (Lipinski definition) is 10. The molecule has 2 aromatic heterocycles. The van der Waals surface area contributed by atoms with Gasteiger partial charge in [-0.2, -0.15) is 9.49 Å². The number of ketones is 2. The molecule has 4 N–H and O–H groups in total. The number of primary amides is 1. The van der Waals surface area contributed by atoms with E-state index in [0.29, 0.717) is 10.9 Å². The van der Waals surface area contributed by atoms with E-state index in [1.54, 1.807) is 0 Å². The number of hydrogen-bond donors (Lipinski definition) is 2. The van der Waals surface area contributed by atoms with Crippen molar-refractivity contribution >= 4 is 54.9 Å². The van der Waals surface area contributed by atoms with E-state index >= 15 is 0 Å². The minimum atomic E-state index is -3.96. The maximum Gasteiger partial charge on any atom is 0.252 e. The fourth-order valence-corrected chi connectivity index (χ4v) is 3.77. The number of rotatable bonds is 7. The monoisotopic (exact) mass is 446 g/mol. The van der Waals surface area contributed by atoms with Crippen molar-refractivity contribution in [2.24, 2.45) is 21.1 Å². The molecular formula is C17H14N6O5S2. The second-order valence-corrected chi connectivity index (χ2v) is 8.37. The molecule has 30 heavy (non-hydrogen) atoms. The number of Topliss-reactive ketones (excluding diaryl/α,β-unsaturated/α-hetero) is 2. The van der Waals surface area contributed by atoms with E-state index in [0.717, 1.165) is 11.5 Å². The second-order valence-electron chi connectivity index (χ2n) is 6.05. The smallest absolute Gasteiger partial charge is 0.252 e. The van der Waals surface area contributed by atoms with E-state index in [1.165, 1.54) is 43.5 Å². The first-order valence-corrected chi connectivity index (χ1v) is 10.5. The van der Waals surface area contributed by atoms with Gasteiger partial charge in [0.15, 0.2) is 10.8 Å². The Bertz CT molecular complexity index is 1320. The molecule has 154 valence electrons. The van der Waals surface area contributed by atoms with Crippen LogP contribution in [0.5, 0.6) is 0 Å². The van der Waals surface area contributed by atoms with Crippen LogP contribution in [0.1, 0.15) is 27.8 Å². The SMILES string of the molecule is CC(=O)c1ncccc1C(=O)C(/N=N/c1snc2ccc(S(N)(=O)=O)cc12)C(N)=O. The largest absolute Gasteiger partial charge is 0.367 e. The van der Waals surface area contributed by atoms with Crippen molar-refractivity contribution < 1.29 is 22.8 Å². The van der Waals surface area contributed by atoms with Crippen LogP contribution in [-0.2, 0) is 14.8 Å². The molecular weight excluding hydrogens is 432 g/mol. The van der Waals surface area contributed by atoms with Crippen LogP contribution in [-0.4, -0.2) is 41.3 Å². The molecule has 0 aliphatic heterocycles. The van der Waals surface area contributed by atoms with Gasteiger partial charge in [0.2, 0.25) is 21.8 Å².